The minimum absolute atomic E-state index is 0.180. The molecule has 0 fully saturated rings. The maximum Gasteiger partial charge on any atom is 0.287 e. The summed E-state index contributed by atoms with van der Waals surface area (Å²) in [5.74, 6) is 0.295. The highest BCUT2D eigenvalue weighted by Crippen LogP contribution is 2.19. The van der Waals surface area contributed by atoms with Crippen LogP contribution >= 0.6 is 0 Å². The van der Waals surface area contributed by atoms with Gasteiger partial charge in [-0.1, -0.05) is 36.4 Å². The number of fused-ring (bicyclic) bond motifs is 1. The minimum Gasteiger partial charge on any atom is -0.451 e. The van der Waals surface area contributed by atoms with Gasteiger partial charge in [-0.25, -0.2) is 0 Å². The van der Waals surface area contributed by atoms with Crippen LogP contribution in [0.1, 0.15) is 17.0 Å². The lowest BCUT2D eigenvalue weighted by Crippen LogP contribution is -2.25. The van der Waals surface area contributed by atoms with Crippen molar-refractivity contribution in [2.75, 3.05) is 6.54 Å². The molecule has 4 nitrogen and oxygen atoms in total. The largest absolute Gasteiger partial charge is 0.451 e. The zero-order valence-corrected chi connectivity index (χ0v) is 11.5. The topological polar surface area (TPSA) is 66.1 Å². The van der Waals surface area contributed by atoms with Crippen LogP contribution in [0.25, 0.3) is 11.0 Å². The highest BCUT2D eigenvalue weighted by atomic mass is 16.3. The first-order valence-electron chi connectivity index (χ1n) is 6.91. The third-order valence-corrected chi connectivity index (χ3v) is 3.53. The van der Waals surface area contributed by atoms with Crippen LogP contribution in [0.5, 0.6) is 0 Å². The van der Waals surface area contributed by atoms with E-state index >= 15 is 0 Å². The number of allylic oxidation sites excluding steroid dienone is 2. The molecule has 1 unspecified atom stereocenters. The summed E-state index contributed by atoms with van der Waals surface area (Å²) >= 11 is 0. The van der Waals surface area contributed by atoms with E-state index in [1.165, 1.54) is 6.21 Å². The number of para-hydroxylation sites is 1. The number of nitrogens with one attached hydrogen (secondary N) is 2. The van der Waals surface area contributed by atoms with E-state index in [4.69, 9.17) is 9.83 Å². The molecule has 0 spiro atoms. The molecule has 0 saturated carbocycles. The normalized spacial score (nSPS) is 17.5. The molecule has 0 aliphatic heterocycles. The quantitative estimate of drug-likeness (QED) is 0.844. The van der Waals surface area contributed by atoms with Gasteiger partial charge in [0, 0.05) is 24.1 Å². The molecule has 1 aliphatic rings. The summed E-state index contributed by atoms with van der Waals surface area (Å²) in [6.07, 6.45) is 8.23. The van der Waals surface area contributed by atoms with E-state index in [0.29, 0.717) is 17.9 Å². The monoisotopic (exact) mass is 280 g/mol. The van der Waals surface area contributed by atoms with Crippen LogP contribution < -0.4 is 5.32 Å². The lowest BCUT2D eigenvalue weighted by molar-refractivity contribution is 0.0932. The number of furan rings is 1. The Labute approximate surface area is 122 Å². The van der Waals surface area contributed by atoms with E-state index in [0.717, 1.165) is 17.4 Å². The molecule has 2 N–H and O–H groups in total. The van der Waals surface area contributed by atoms with Gasteiger partial charge in [-0.05, 0) is 24.1 Å². The van der Waals surface area contributed by atoms with Crippen molar-refractivity contribution < 1.29 is 9.21 Å². The van der Waals surface area contributed by atoms with E-state index < -0.39 is 0 Å². The van der Waals surface area contributed by atoms with Crippen molar-refractivity contribution >= 4 is 23.1 Å². The van der Waals surface area contributed by atoms with Crippen LogP contribution in [-0.2, 0) is 0 Å². The van der Waals surface area contributed by atoms with Gasteiger partial charge in [0.1, 0.15) is 5.58 Å². The van der Waals surface area contributed by atoms with Crippen LogP contribution in [-0.4, -0.2) is 18.7 Å². The first-order chi connectivity index (χ1) is 10.3. The Morgan fingerprint density at radius 3 is 3.00 bits per heavy atom. The minimum atomic E-state index is -0.213. The molecule has 1 amide bonds. The van der Waals surface area contributed by atoms with Crippen molar-refractivity contribution in [2.24, 2.45) is 5.92 Å². The molecule has 0 bridgehead atoms. The zero-order valence-electron chi connectivity index (χ0n) is 11.5. The number of rotatable bonds is 4. The summed E-state index contributed by atoms with van der Waals surface area (Å²) in [5.41, 5.74) is 1.77. The van der Waals surface area contributed by atoms with Crippen molar-refractivity contribution in [3.05, 3.63) is 59.9 Å². The molecule has 1 atom stereocenters. The number of hydrogen-bond donors (Lipinski definition) is 2. The van der Waals surface area contributed by atoms with Crippen molar-refractivity contribution in [3.63, 3.8) is 0 Å². The van der Waals surface area contributed by atoms with E-state index in [1.807, 2.05) is 36.4 Å². The van der Waals surface area contributed by atoms with Gasteiger partial charge in [0.05, 0.1) is 0 Å². The average molecular weight is 280 g/mol. The summed E-state index contributed by atoms with van der Waals surface area (Å²) in [7, 11) is 0. The molecule has 1 heterocycles. The van der Waals surface area contributed by atoms with Gasteiger partial charge < -0.3 is 15.1 Å². The number of carbonyl (C=O) groups excluding carboxylic acids is 1. The standard InChI is InChI=1S/C17H16N2O2/c18-10-12-5-7-13(8-6-12)11-19-17(20)16-9-14-3-1-2-4-15(14)21-16/h1-5,7-10,12,18H,6,11H2,(H,19,20). The molecule has 3 rings (SSSR count). The first-order valence-corrected chi connectivity index (χ1v) is 6.91. The van der Waals surface area contributed by atoms with Gasteiger partial charge in [-0.3, -0.25) is 4.79 Å². The third-order valence-electron chi connectivity index (χ3n) is 3.53. The molecule has 21 heavy (non-hydrogen) atoms. The molecule has 4 heteroatoms. The van der Waals surface area contributed by atoms with Gasteiger partial charge in [0.25, 0.3) is 5.91 Å². The van der Waals surface area contributed by atoms with E-state index in [9.17, 15) is 4.79 Å². The second kappa shape index (κ2) is 5.79. The van der Waals surface area contributed by atoms with Gasteiger partial charge in [0.2, 0.25) is 0 Å². The SMILES string of the molecule is N=CC1C=CC(CNC(=O)c2cc3ccccc3o2)=CC1. The molecular weight excluding hydrogens is 264 g/mol. The maximum atomic E-state index is 12.1. The Balaban J connectivity index is 1.63. The second-order valence-electron chi connectivity index (χ2n) is 5.04. The maximum absolute atomic E-state index is 12.1. The highest BCUT2D eigenvalue weighted by molar-refractivity contribution is 5.96. The van der Waals surface area contributed by atoms with Crippen molar-refractivity contribution in [1.29, 1.82) is 5.41 Å². The number of carbonyl (C=O) groups is 1. The molecular formula is C17H16N2O2. The van der Waals surface area contributed by atoms with E-state index in [1.54, 1.807) is 6.07 Å². The predicted molar refractivity (Wildman–Crippen MR) is 82.7 cm³/mol. The Kier molecular flexibility index (Phi) is 3.69. The van der Waals surface area contributed by atoms with Crippen molar-refractivity contribution in [1.82, 2.24) is 5.32 Å². The first kappa shape index (κ1) is 13.4. The van der Waals surface area contributed by atoms with Gasteiger partial charge in [0.15, 0.2) is 5.76 Å². The van der Waals surface area contributed by atoms with Crippen LogP contribution in [0.15, 0.2) is 58.6 Å². The van der Waals surface area contributed by atoms with Gasteiger partial charge >= 0.3 is 0 Å². The van der Waals surface area contributed by atoms with Crippen LogP contribution in [0.2, 0.25) is 0 Å². The Hall–Kier alpha value is -2.62. The Bertz CT molecular complexity index is 707. The van der Waals surface area contributed by atoms with Gasteiger partial charge in [-0.15, -0.1) is 0 Å². The van der Waals surface area contributed by atoms with Crippen LogP contribution in [0.3, 0.4) is 0 Å². The number of benzene rings is 1. The number of hydrogen-bond acceptors (Lipinski definition) is 3. The van der Waals surface area contributed by atoms with E-state index in [-0.39, 0.29) is 11.8 Å². The fourth-order valence-corrected chi connectivity index (χ4v) is 2.30. The fraction of sp³-hybridized carbons (Fsp3) is 0.176. The molecule has 2 aromatic rings. The summed E-state index contributed by atoms with van der Waals surface area (Å²) in [6, 6.07) is 9.30. The lowest BCUT2D eigenvalue weighted by atomic mass is 9.98. The lowest BCUT2D eigenvalue weighted by Gasteiger charge is -2.12. The summed E-state index contributed by atoms with van der Waals surface area (Å²) in [6.45, 7) is 0.469. The molecule has 0 saturated heterocycles. The highest BCUT2D eigenvalue weighted by Gasteiger charge is 2.12. The fourth-order valence-electron chi connectivity index (χ4n) is 2.30. The van der Waals surface area contributed by atoms with Crippen molar-refractivity contribution in [2.45, 2.75) is 6.42 Å². The van der Waals surface area contributed by atoms with Crippen LogP contribution in [0.4, 0.5) is 0 Å². The number of amides is 1. The zero-order chi connectivity index (χ0) is 14.7. The molecule has 1 aliphatic carbocycles. The predicted octanol–water partition coefficient (Wildman–Crippen LogP) is 3.31. The summed E-state index contributed by atoms with van der Waals surface area (Å²) in [4.78, 5) is 12.1. The average Bonchev–Trinajstić information content (AvgIpc) is 2.97. The summed E-state index contributed by atoms with van der Waals surface area (Å²) < 4.78 is 5.52. The van der Waals surface area contributed by atoms with Gasteiger partial charge in [-0.2, -0.15) is 0 Å². The Morgan fingerprint density at radius 1 is 1.43 bits per heavy atom. The Morgan fingerprint density at radius 2 is 2.29 bits per heavy atom. The smallest absolute Gasteiger partial charge is 0.287 e. The molecule has 106 valence electrons. The van der Waals surface area contributed by atoms with Crippen molar-refractivity contribution in [3.8, 4) is 0 Å². The summed E-state index contributed by atoms with van der Waals surface area (Å²) in [5, 5.41) is 11.0. The van der Waals surface area contributed by atoms with E-state index in [2.05, 4.69) is 11.4 Å². The van der Waals surface area contributed by atoms with Crippen LogP contribution in [0, 0.1) is 11.3 Å². The molecule has 0 radical (unpaired) electrons. The molecule has 1 aromatic carbocycles. The molecule has 1 aromatic heterocycles. The second-order valence-corrected chi connectivity index (χ2v) is 5.04. The third kappa shape index (κ3) is 2.94.